The molecular formula is C17H18N4O4. The molecule has 3 N–H and O–H groups in total. The van der Waals surface area contributed by atoms with Crippen molar-refractivity contribution in [2.45, 2.75) is 6.54 Å². The van der Waals surface area contributed by atoms with Gasteiger partial charge in [0.15, 0.2) is 0 Å². The van der Waals surface area contributed by atoms with Crippen molar-refractivity contribution in [2.24, 2.45) is 5.73 Å². The van der Waals surface area contributed by atoms with Gasteiger partial charge in [-0.15, -0.1) is 0 Å². The molecule has 0 aliphatic rings. The highest BCUT2D eigenvalue weighted by molar-refractivity contribution is 5.96. The van der Waals surface area contributed by atoms with Gasteiger partial charge in [0, 0.05) is 37.8 Å². The Morgan fingerprint density at radius 2 is 1.72 bits per heavy atom. The van der Waals surface area contributed by atoms with Gasteiger partial charge in [-0.05, 0) is 29.8 Å². The molecule has 25 heavy (non-hydrogen) atoms. The maximum atomic E-state index is 12.2. The van der Waals surface area contributed by atoms with Crippen molar-refractivity contribution in [3.63, 3.8) is 0 Å². The normalized spacial score (nSPS) is 10.2. The summed E-state index contributed by atoms with van der Waals surface area (Å²) in [6.45, 7) is 0.223. The van der Waals surface area contributed by atoms with Gasteiger partial charge in [0.25, 0.3) is 11.6 Å². The number of nitrogens with one attached hydrogen (secondary N) is 1. The van der Waals surface area contributed by atoms with Gasteiger partial charge in [0.2, 0.25) is 5.91 Å². The zero-order valence-electron chi connectivity index (χ0n) is 13.9. The zero-order chi connectivity index (χ0) is 18.6. The van der Waals surface area contributed by atoms with Crippen LogP contribution in [-0.4, -0.2) is 30.8 Å². The Morgan fingerprint density at radius 3 is 2.24 bits per heavy atom. The van der Waals surface area contributed by atoms with Crippen molar-refractivity contribution in [3.05, 3.63) is 69.3 Å². The molecule has 130 valence electrons. The molecule has 0 unspecified atom stereocenters. The van der Waals surface area contributed by atoms with Gasteiger partial charge < -0.3 is 16.0 Å². The molecule has 0 heterocycles. The van der Waals surface area contributed by atoms with E-state index in [9.17, 15) is 19.7 Å². The van der Waals surface area contributed by atoms with Gasteiger partial charge >= 0.3 is 0 Å². The molecule has 0 saturated heterocycles. The first-order valence-electron chi connectivity index (χ1n) is 7.42. The summed E-state index contributed by atoms with van der Waals surface area (Å²) in [5.41, 5.74) is 6.81. The van der Waals surface area contributed by atoms with Crippen LogP contribution in [-0.2, 0) is 6.54 Å². The summed E-state index contributed by atoms with van der Waals surface area (Å²) in [5, 5.41) is 13.9. The first-order chi connectivity index (χ1) is 11.8. The number of amides is 2. The molecule has 0 atom stereocenters. The molecule has 2 aromatic rings. The van der Waals surface area contributed by atoms with Crippen LogP contribution in [0.25, 0.3) is 0 Å². The van der Waals surface area contributed by atoms with Crippen LogP contribution in [0.2, 0.25) is 0 Å². The Kier molecular flexibility index (Phi) is 5.33. The topological polar surface area (TPSA) is 119 Å². The number of hydrogen-bond acceptors (Lipinski definition) is 5. The van der Waals surface area contributed by atoms with Gasteiger partial charge in [0.1, 0.15) is 5.69 Å². The van der Waals surface area contributed by atoms with Crippen molar-refractivity contribution in [3.8, 4) is 0 Å². The average Bonchev–Trinajstić information content (AvgIpc) is 2.59. The van der Waals surface area contributed by atoms with E-state index in [-0.39, 0.29) is 17.8 Å². The van der Waals surface area contributed by atoms with E-state index in [0.29, 0.717) is 11.3 Å². The van der Waals surface area contributed by atoms with Crippen molar-refractivity contribution in [1.29, 1.82) is 0 Å². The van der Waals surface area contributed by atoms with E-state index < -0.39 is 16.7 Å². The predicted molar refractivity (Wildman–Crippen MR) is 93.6 cm³/mol. The van der Waals surface area contributed by atoms with E-state index in [0.717, 1.165) is 5.56 Å². The molecule has 8 nitrogen and oxygen atoms in total. The Hall–Kier alpha value is -3.42. The van der Waals surface area contributed by atoms with Gasteiger partial charge in [0.05, 0.1) is 4.92 Å². The molecular weight excluding hydrogens is 324 g/mol. The minimum absolute atomic E-state index is 0.136. The summed E-state index contributed by atoms with van der Waals surface area (Å²) < 4.78 is 0. The third kappa shape index (κ3) is 4.31. The van der Waals surface area contributed by atoms with Crippen molar-refractivity contribution in [2.75, 3.05) is 19.0 Å². The van der Waals surface area contributed by atoms with Crippen LogP contribution in [0.15, 0.2) is 42.5 Å². The maximum absolute atomic E-state index is 12.2. The lowest BCUT2D eigenvalue weighted by atomic mass is 10.1. The number of nitrogens with zero attached hydrogens (tertiary/aromatic N) is 2. The molecule has 0 aromatic heterocycles. The fourth-order valence-corrected chi connectivity index (χ4v) is 2.26. The summed E-state index contributed by atoms with van der Waals surface area (Å²) in [6, 6.07) is 10.8. The Bertz CT molecular complexity index is 816. The molecule has 2 aromatic carbocycles. The number of carbonyl (C=O) groups is 2. The van der Waals surface area contributed by atoms with E-state index in [2.05, 4.69) is 5.32 Å². The van der Waals surface area contributed by atoms with Crippen molar-refractivity contribution >= 4 is 23.2 Å². The highest BCUT2D eigenvalue weighted by Gasteiger charge is 2.18. The Balaban J connectivity index is 2.11. The number of hydrogen-bond donors (Lipinski definition) is 2. The molecule has 0 radical (unpaired) electrons. The van der Waals surface area contributed by atoms with E-state index in [1.54, 1.807) is 43.3 Å². The number of anilines is 1. The lowest BCUT2D eigenvalue weighted by Crippen LogP contribution is -2.23. The molecule has 0 spiro atoms. The molecule has 2 rings (SSSR count). The fourth-order valence-electron chi connectivity index (χ4n) is 2.26. The average molecular weight is 342 g/mol. The van der Waals surface area contributed by atoms with E-state index in [1.807, 2.05) is 0 Å². The quantitative estimate of drug-likeness (QED) is 0.611. The fraction of sp³-hybridized carbons (Fsp3) is 0.176. The standard InChI is InChI=1S/C17H18N4O4/c1-20(2)14-8-7-13(9-15(14)21(24)25)17(23)19-10-11-3-5-12(6-4-11)16(18)22/h3-9H,10H2,1-2H3,(H2,18,22)(H,19,23). The number of nitro groups is 1. The zero-order valence-corrected chi connectivity index (χ0v) is 13.9. The van der Waals surface area contributed by atoms with Gasteiger partial charge in [-0.25, -0.2) is 0 Å². The number of nitrogens with two attached hydrogens (primary N) is 1. The molecule has 0 saturated carbocycles. The molecule has 0 bridgehead atoms. The van der Waals surface area contributed by atoms with Crippen molar-refractivity contribution in [1.82, 2.24) is 5.32 Å². The lowest BCUT2D eigenvalue weighted by Gasteiger charge is -2.13. The van der Waals surface area contributed by atoms with Crippen LogP contribution in [0.3, 0.4) is 0 Å². The second kappa shape index (κ2) is 7.43. The molecule has 8 heteroatoms. The van der Waals surface area contributed by atoms with Crippen LogP contribution in [0.5, 0.6) is 0 Å². The van der Waals surface area contributed by atoms with Crippen LogP contribution < -0.4 is 16.0 Å². The van der Waals surface area contributed by atoms with E-state index in [1.165, 1.54) is 18.2 Å². The van der Waals surface area contributed by atoms with Crippen molar-refractivity contribution < 1.29 is 14.5 Å². The van der Waals surface area contributed by atoms with Crippen LogP contribution in [0, 0.1) is 10.1 Å². The molecule has 0 aliphatic carbocycles. The monoisotopic (exact) mass is 342 g/mol. The first-order valence-corrected chi connectivity index (χ1v) is 7.42. The second-order valence-corrected chi connectivity index (χ2v) is 5.60. The highest BCUT2D eigenvalue weighted by atomic mass is 16.6. The van der Waals surface area contributed by atoms with Gasteiger partial charge in [-0.2, -0.15) is 0 Å². The third-order valence-corrected chi connectivity index (χ3v) is 3.61. The second-order valence-electron chi connectivity index (χ2n) is 5.60. The van der Waals surface area contributed by atoms with E-state index >= 15 is 0 Å². The first kappa shape index (κ1) is 17.9. The smallest absolute Gasteiger partial charge is 0.293 e. The van der Waals surface area contributed by atoms with Gasteiger partial charge in [-0.3, -0.25) is 19.7 Å². The number of nitro benzene ring substituents is 1. The summed E-state index contributed by atoms with van der Waals surface area (Å²) >= 11 is 0. The summed E-state index contributed by atoms with van der Waals surface area (Å²) in [7, 11) is 3.38. The Labute approximate surface area is 144 Å². The molecule has 0 aliphatic heterocycles. The summed E-state index contributed by atoms with van der Waals surface area (Å²) in [4.78, 5) is 35.5. The van der Waals surface area contributed by atoms with Gasteiger partial charge in [-0.1, -0.05) is 12.1 Å². The molecule has 0 fully saturated rings. The van der Waals surface area contributed by atoms with Crippen LogP contribution in [0.4, 0.5) is 11.4 Å². The number of rotatable bonds is 6. The minimum atomic E-state index is -0.524. The van der Waals surface area contributed by atoms with Crippen LogP contribution >= 0.6 is 0 Å². The largest absolute Gasteiger partial charge is 0.372 e. The number of benzene rings is 2. The number of carbonyl (C=O) groups excluding carboxylic acids is 2. The SMILES string of the molecule is CN(C)c1ccc(C(=O)NCc2ccc(C(N)=O)cc2)cc1[N+](=O)[O-]. The van der Waals surface area contributed by atoms with Crippen LogP contribution in [0.1, 0.15) is 26.3 Å². The Morgan fingerprint density at radius 1 is 1.12 bits per heavy atom. The third-order valence-electron chi connectivity index (χ3n) is 3.61. The summed E-state index contributed by atoms with van der Waals surface area (Å²) in [6.07, 6.45) is 0. The maximum Gasteiger partial charge on any atom is 0.293 e. The molecule has 2 amide bonds. The lowest BCUT2D eigenvalue weighted by molar-refractivity contribution is -0.384. The number of primary amides is 1. The minimum Gasteiger partial charge on any atom is -0.372 e. The highest BCUT2D eigenvalue weighted by Crippen LogP contribution is 2.27. The predicted octanol–water partition coefficient (Wildman–Crippen LogP) is 1.69. The summed E-state index contributed by atoms with van der Waals surface area (Å²) in [5.74, 6) is -0.948. The van der Waals surface area contributed by atoms with E-state index in [4.69, 9.17) is 5.73 Å².